The largest absolute Gasteiger partial charge is 0.497 e. The van der Waals surface area contributed by atoms with E-state index in [-0.39, 0.29) is 5.91 Å². The lowest BCUT2D eigenvalue weighted by Crippen LogP contribution is -2.19. The van der Waals surface area contributed by atoms with Crippen LogP contribution in [-0.4, -0.2) is 25.3 Å². The Kier molecular flexibility index (Phi) is 5.31. The molecule has 0 radical (unpaired) electrons. The van der Waals surface area contributed by atoms with Crippen LogP contribution in [0.5, 0.6) is 11.5 Å². The molecule has 1 amide bonds. The third kappa shape index (κ3) is 4.15. The highest BCUT2D eigenvalue weighted by Gasteiger charge is 2.24. The van der Waals surface area contributed by atoms with E-state index in [1.54, 1.807) is 50.6 Å². The average molecular weight is 375 g/mol. The molecule has 0 aromatic heterocycles. The number of methoxy groups -OCH3 is 2. The SMILES string of the molecule is COc1ccc(/C=C2/SC(=Nc3ccc(Cl)cc3)NC2=O)c(OC)c1. The highest BCUT2D eigenvalue weighted by atomic mass is 35.5. The van der Waals surface area contributed by atoms with Crippen molar-refractivity contribution in [3.05, 3.63) is 58.0 Å². The molecule has 1 N–H and O–H groups in total. The maximum absolute atomic E-state index is 12.2. The minimum atomic E-state index is -0.199. The number of nitrogens with zero attached hydrogens (tertiary/aromatic N) is 1. The number of ether oxygens (including phenoxy) is 2. The van der Waals surface area contributed by atoms with E-state index in [9.17, 15) is 4.79 Å². The van der Waals surface area contributed by atoms with Gasteiger partial charge in [0.2, 0.25) is 0 Å². The standard InChI is InChI=1S/C18H15ClN2O3S/c1-23-14-8-3-11(15(10-14)24-2)9-16-17(22)21-18(25-16)20-13-6-4-12(19)5-7-13/h3-10H,1-2H3,(H,20,21,22)/b16-9+. The van der Waals surface area contributed by atoms with Gasteiger partial charge in [0.15, 0.2) is 5.17 Å². The zero-order valence-corrected chi connectivity index (χ0v) is 15.1. The summed E-state index contributed by atoms with van der Waals surface area (Å²) < 4.78 is 10.5. The maximum atomic E-state index is 12.2. The van der Waals surface area contributed by atoms with Crippen LogP contribution in [0.4, 0.5) is 5.69 Å². The van der Waals surface area contributed by atoms with Gasteiger partial charge >= 0.3 is 0 Å². The number of amidine groups is 1. The third-order valence-corrected chi connectivity index (χ3v) is 4.60. The lowest BCUT2D eigenvalue weighted by atomic mass is 10.1. The molecule has 128 valence electrons. The first-order chi connectivity index (χ1) is 12.1. The number of benzene rings is 2. The highest BCUT2D eigenvalue weighted by molar-refractivity contribution is 8.18. The first kappa shape index (κ1) is 17.4. The Morgan fingerprint density at radius 1 is 1.12 bits per heavy atom. The second kappa shape index (κ2) is 7.63. The predicted octanol–water partition coefficient (Wildman–Crippen LogP) is 4.25. The van der Waals surface area contributed by atoms with E-state index in [1.807, 2.05) is 12.1 Å². The van der Waals surface area contributed by atoms with Gasteiger partial charge in [0, 0.05) is 16.7 Å². The molecule has 0 unspecified atom stereocenters. The zero-order chi connectivity index (χ0) is 17.8. The molecule has 25 heavy (non-hydrogen) atoms. The molecule has 1 aliphatic rings. The van der Waals surface area contributed by atoms with Crippen LogP contribution < -0.4 is 14.8 Å². The second-order valence-corrected chi connectivity index (χ2v) is 6.53. The number of nitrogens with one attached hydrogen (secondary N) is 1. The van der Waals surface area contributed by atoms with Gasteiger partial charge in [0.05, 0.1) is 24.8 Å². The number of amides is 1. The number of hydrogen-bond acceptors (Lipinski definition) is 5. The molecule has 2 aromatic rings. The van der Waals surface area contributed by atoms with Crippen molar-refractivity contribution in [3.63, 3.8) is 0 Å². The number of halogens is 1. The van der Waals surface area contributed by atoms with Crippen molar-refractivity contribution in [2.45, 2.75) is 0 Å². The predicted molar refractivity (Wildman–Crippen MR) is 102 cm³/mol. The molecule has 1 aliphatic heterocycles. The molecule has 0 bridgehead atoms. The molecule has 7 heteroatoms. The number of rotatable bonds is 4. The fraction of sp³-hybridized carbons (Fsp3) is 0.111. The lowest BCUT2D eigenvalue weighted by molar-refractivity contribution is -0.115. The molecule has 3 rings (SSSR count). The van der Waals surface area contributed by atoms with Crippen LogP contribution in [0, 0.1) is 0 Å². The topological polar surface area (TPSA) is 59.9 Å². The summed E-state index contributed by atoms with van der Waals surface area (Å²) in [5.74, 6) is 1.12. The van der Waals surface area contributed by atoms with E-state index in [4.69, 9.17) is 21.1 Å². The number of hydrogen-bond donors (Lipinski definition) is 1. The Hall–Kier alpha value is -2.44. The van der Waals surface area contributed by atoms with Crippen LogP contribution in [0.1, 0.15) is 5.56 Å². The zero-order valence-electron chi connectivity index (χ0n) is 13.6. The van der Waals surface area contributed by atoms with Gasteiger partial charge < -0.3 is 14.8 Å². The van der Waals surface area contributed by atoms with Gasteiger partial charge in [-0.15, -0.1) is 0 Å². The summed E-state index contributed by atoms with van der Waals surface area (Å²) in [6.45, 7) is 0. The fourth-order valence-electron chi connectivity index (χ4n) is 2.19. The fourth-order valence-corrected chi connectivity index (χ4v) is 3.15. The summed E-state index contributed by atoms with van der Waals surface area (Å²) in [5, 5.41) is 3.91. The summed E-state index contributed by atoms with van der Waals surface area (Å²) >= 11 is 7.13. The van der Waals surface area contributed by atoms with Crippen LogP contribution in [0.2, 0.25) is 5.02 Å². The highest BCUT2D eigenvalue weighted by Crippen LogP contribution is 2.32. The molecule has 1 fully saturated rings. The molecular weight excluding hydrogens is 360 g/mol. The van der Waals surface area contributed by atoms with Crippen LogP contribution >= 0.6 is 23.4 Å². The van der Waals surface area contributed by atoms with Gasteiger partial charge in [-0.25, -0.2) is 4.99 Å². The number of thioether (sulfide) groups is 1. The van der Waals surface area contributed by atoms with Crippen molar-refractivity contribution >= 4 is 46.2 Å². The Bertz CT molecular complexity index is 863. The maximum Gasteiger partial charge on any atom is 0.264 e. The molecular formula is C18H15ClN2O3S. The number of aliphatic imine (C=N–C) groups is 1. The summed E-state index contributed by atoms with van der Waals surface area (Å²) in [6, 6.07) is 12.5. The van der Waals surface area contributed by atoms with Gasteiger partial charge in [0.1, 0.15) is 11.5 Å². The summed E-state index contributed by atoms with van der Waals surface area (Å²) in [7, 11) is 3.17. The van der Waals surface area contributed by atoms with Gasteiger partial charge in [0.25, 0.3) is 5.91 Å². The summed E-state index contributed by atoms with van der Waals surface area (Å²) in [6.07, 6.45) is 1.77. The number of carbonyl (C=O) groups excluding carboxylic acids is 1. The van der Waals surface area contributed by atoms with Crippen molar-refractivity contribution < 1.29 is 14.3 Å². The first-order valence-corrected chi connectivity index (χ1v) is 8.55. The van der Waals surface area contributed by atoms with Crippen molar-refractivity contribution in [2.24, 2.45) is 4.99 Å². The normalized spacial score (nSPS) is 17.0. The minimum absolute atomic E-state index is 0.199. The Balaban J connectivity index is 1.85. The van der Waals surface area contributed by atoms with Crippen LogP contribution in [0.25, 0.3) is 6.08 Å². The van der Waals surface area contributed by atoms with Crippen molar-refractivity contribution in [2.75, 3.05) is 14.2 Å². The van der Waals surface area contributed by atoms with Crippen LogP contribution in [-0.2, 0) is 4.79 Å². The Labute approximate surface area is 154 Å². The summed E-state index contributed by atoms with van der Waals surface area (Å²) in [4.78, 5) is 17.1. The van der Waals surface area contributed by atoms with Gasteiger partial charge in [-0.1, -0.05) is 11.6 Å². The van der Waals surface area contributed by atoms with Gasteiger partial charge in [-0.2, -0.15) is 0 Å². The molecule has 0 spiro atoms. The molecule has 1 saturated heterocycles. The Morgan fingerprint density at radius 2 is 1.88 bits per heavy atom. The van der Waals surface area contributed by atoms with Gasteiger partial charge in [-0.05, 0) is 54.2 Å². The second-order valence-electron chi connectivity index (χ2n) is 5.07. The lowest BCUT2D eigenvalue weighted by Gasteiger charge is -2.07. The molecule has 0 saturated carbocycles. The van der Waals surface area contributed by atoms with Crippen molar-refractivity contribution in [1.82, 2.24) is 5.32 Å². The van der Waals surface area contributed by atoms with E-state index in [0.29, 0.717) is 26.6 Å². The van der Waals surface area contributed by atoms with Crippen molar-refractivity contribution in [1.29, 1.82) is 0 Å². The molecule has 0 aliphatic carbocycles. The van der Waals surface area contributed by atoms with Crippen LogP contribution in [0.15, 0.2) is 52.4 Å². The molecule has 5 nitrogen and oxygen atoms in total. The smallest absolute Gasteiger partial charge is 0.264 e. The Morgan fingerprint density at radius 3 is 2.56 bits per heavy atom. The van der Waals surface area contributed by atoms with E-state index in [1.165, 1.54) is 11.8 Å². The molecule has 2 aromatic carbocycles. The summed E-state index contributed by atoms with van der Waals surface area (Å²) in [5.41, 5.74) is 1.50. The first-order valence-electron chi connectivity index (χ1n) is 7.36. The average Bonchev–Trinajstić information content (AvgIpc) is 2.96. The molecule has 0 atom stereocenters. The molecule has 1 heterocycles. The van der Waals surface area contributed by atoms with Crippen molar-refractivity contribution in [3.8, 4) is 11.5 Å². The quantitative estimate of drug-likeness (QED) is 0.813. The van der Waals surface area contributed by atoms with E-state index < -0.39 is 0 Å². The third-order valence-electron chi connectivity index (χ3n) is 3.44. The van der Waals surface area contributed by atoms with E-state index >= 15 is 0 Å². The monoisotopic (exact) mass is 374 g/mol. The minimum Gasteiger partial charge on any atom is -0.497 e. The van der Waals surface area contributed by atoms with E-state index in [0.717, 1.165) is 11.3 Å². The number of carbonyl (C=O) groups is 1. The van der Waals surface area contributed by atoms with E-state index in [2.05, 4.69) is 10.3 Å². The van der Waals surface area contributed by atoms with Crippen LogP contribution in [0.3, 0.4) is 0 Å². The van der Waals surface area contributed by atoms with Gasteiger partial charge in [-0.3, -0.25) is 4.79 Å².